The number of hydrogen-bond acceptors (Lipinski definition) is 4. The number of aromatic nitrogens is 2. The van der Waals surface area contributed by atoms with Gasteiger partial charge in [-0.3, -0.25) is 0 Å². The van der Waals surface area contributed by atoms with Gasteiger partial charge in [-0.25, -0.2) is 18.4 Å². The van der Waals surface area contributed by atoms with Crippen molar-refractivity contribution in [3.05, 3.63) is 77.1 Å². The molecule has 5 nitrogen and oxygen atoms in total. The Hall–Kier alpha value is -3.22. The highest BCUT2D eigenvalue weighted by atomic mass is 19.1. The van der Waals surface area contributed by atoms with Crippen LogP contribution in [0.5, 0.6) is 5.75 Å². The van der Waals surface area contributed by atoms with Crippen LogP contribution < -0.4 is 10.5 Å². The Labute approximate surface area is 143 Å². The van der Waals surface area contributed by atoms with Crippen molar-refractivity contribution in [1.82, 2.24) is 9.66 Å². The molecule has 0 aliphatic rings. The first-order chi connectivity index (χ1) is 12.0. The molecule has 0 aliphatic heterocycles. The number of benzene rings is 2. The van der Waals surface area contributed by atoms with E-state index in [0.29, 0.717) is 5.95 Å². The Morgan fingerprint density at radius 3 is 2.60 bits per heavy atom. The van der Waals surface area contributed by atoms with E-state index in [4.69, 9.17) is 10.5 Å². The summed E-state index contributed by atoms with van der Waals surface area (Å²) in [5.74, 6) is -1.03. The molecule has 0 aliphatic carbocycles. The van der Waals surface area contributed by atoms with E-state index < -0.39 is 11.6 Å². The van der Waals surface area contributed by atoms with E-state index in [-0.39, 0.29) is 12.4 Å². The molecule has 0 bridgehead atoms. The predicted molar refractivity (Wildman–Crippen MR) is 91.5 cm³/mol. The maximum absolute atomic E-state index is 13.5. The van der Waals surface area contributed by atoms with Gasteiger partial charge in [0.2, 0.25) is 5.95 Å². The van der Waals surface area contributed by atoms with Gasteiger partial charge >= 0.3 is 0 Å². The van der Waals surface area contributed by atoms with Crippen LogP contribution in [0, 0.1) is 18.6 Å². The molecule has 0 spiro atoms. The van der Waals surface area contributed by atoms with Crippen molar-refractivity contribution >= 4 is 12.2 Å². The molecular weight excluding hydrogens is 326 g/mol. The summed E-state index contributed by atoms with van der Waals surface area (Å²) < 4.78 is 33.2. The fourth-order valence-electron chi connectivity index (χ4n) is 2.18. The lowest BCUT2D eigenvalue weighted by molar-refractivity contribution is 0.289. The summed E-state index contributed by atoms with van der Waals surface area (Å²) in [5.41, 5.74) is 8.21. The van der Waals surface area contributed by atoms with E-state index in [2.05, 4.69) is 10.1 Å². The van der Waals surface area contributed by atoms with Crippen LogP contribution in [0.4, 0.5) is 14.7 Å². The van der Waals surface area contributed by atoms with Gasteiger partial charge in [0.05, 0.1) is 18.1 Å². The minimum Gasteiger partial charge on any atom is -0.486 e. The Balaban J connectivity index is 1.63. The zero-order valence-electron chi connectivity index (χ0n) is 13.5. The fourth-order valence-corrected chi connectivity index (χ4v) is 2.18. The van der Waals surface area contributed by atoms with Crippen LogP contribution in [-0.4, -0.2) is 15.9 Å². The second kappa shape index (κ2) is 7.12. The van der Waals surface area contributed by atoms with Gasteiger partial charge in [0.1, 0.15) is 12.4 Å². The Kier molecular flexibility index (Phi) is 4.74. The third kappa shape index (κ3) is 4.20. The average Bonchev–Trinajstić information content (AvgIpc) is 2.91. The number of rotatable bonds is 5. The van der Waals surface area contributed by atoms with E-state index in [0.717, 1.165) is 29.0 Å². The number of hydrogen-bond donors (Lipinski definition) is 1. The van der Waals surface area contributed by atoms with Gasteiger partial charge in [0.25, 0.3) is 0 Å². The van der Waals surface area contributed by atoms with Crippen molar-refractivity contribution in [2.24, 2.45) is 5.10 Å². The first-order valence-electron chi connectivity index (χ1n) is 7.54. The minimum absolute atomic E-state index is 0.0120. The molecule has 0 atom stereocenters. The molecule has 2 aromatic carbocycles. The molecule has 128 valence electrons. The van der Waals surface area contributed by atoms with Gasteiger partial charge in [0.15, 0.2) is 11.6 Å². The van der Waals surface area contributed by atoms with Gasteiger partial charge in [-0.2, -0.15) is 5.10 Å². The summed E-state index contributed by atoms with van der Waals surface area (Å²) in [6.07, 6.45) is 3.38. The maximum atomic E-state index is 13.5. The molecule has 0 fully saturated rings. The third-order valence-corrected chi connectivity index (χ3v) is 3.43. The van der Waals surface area contributed by atoms with E-state index in [1.807, 2.05) is 31.2 Å². The molecule has 0 amide bonds. The second-order valence-electron chi connectivity index (χ2n) is 5.43. The van der Waals surface area contributed by atoms with Crippen molar-refractivity contribution in [3.8, 4) is 5.75 Å². The Morgan fingerprint density at radius 1 is 1.20 bits per heavy atom. The van der Waals surface area contributed by atoms with E-state index >= 15 is 0 Å². The summed E-state index contributed by atoms with van der Waals surface area (Å²) in [5, 5.41) is 4.23. The lowest BCUT2D eigenvalue weighted by Gasteiger charge is -2.07. The highest BCUT2D eigenvalue weighted by molar-refractivity contribution is 5.79. The number of ether oxygens (including phenoxy) is 1. The zero-order chi connectivity index (χ0) is 17.8. The Morgan fingerprint density at radius 2 is 1.96 bits per heavy atom. The van der Waals surface area contributed by atoms with Crippen molar-refractivity contribution in [3.63, 3.8) is 0 Å². The number of nitrogens with zero attached hydrogens (tertiary/aromatic N) is 3. The van der Waals surface area contributed by atoms with Gasteiger partial charge < -0.3 is 10.5 Å². The standard InChI is InChI=1S/C18H16F2N4O/c1-12-10-24(18(21)23-12)22-9-13-2-4-14(5-3-13)11-25-17-7-6-15(19)8-16(17)20/h2-10H,11H2,1H3,(H2,21,23). The van der Waals surface area contributed by atoms with Gasteiger partial charge in [-0.1, -0.05) is 24.3 Å². The van der Waals surface area contributed by atoms with E-state index in [9.17, 15) is 8.78 Å². The van der Waals surface area contributed by atoms with Crippen LogP contribution in [0.1, 0.15) is 16.8 Å². The highest BCUT2D eigenvalue weighted by Crippen LogP contribution is 2.19. The van der Waals surface area contributed by atoms with Crippen LogP contribution in [-0.2, 0) is 6.61 Å². The summed E-state index contributed by atoms with van der Waals surface area (Å²) in [6, 6.07) is 10.6. The lowest BCUT2D eigenvalue weighted by atomic mass is 10.1. The van der Waals surface area contributed by atoms with Crippen molar-refractivity contribution in [2.45, 2.75) is 13.5 Å². The molecule has 0 saturated heterocycles. The van der Waals surface area contributed by atoms with Crippen LogP contribution in [0.15, 0.2) is 53.8 Å². The van der Waals surface area contributed by atoms with Gasteiger partial charge in [-0.15, -0.1) is 0 Å². The van der Waals surface area contributed by atoms with Crippen LogP contribution >= 0.6 is 0 Å². The summed E-state index contributed by atoms with van der Waals surface area (Å²) >= 11 is 0. The van der Waals surface area contributed by atoms with Crippen LogP contribution in [0.2, 0.25) is 0 Å². The normalized spacial score (nSPS) is 11.2. The topological polar surface area (TPSA) is 65.4 Å². The SMILES string of the molecule is Cc1cn(N=Cc2ccc(COc3ccc(F)cc3F)cc2)c(N)n1. The maximum Gasteiger partial charge on any atom is 0.221 e. The third-order valence-electron chi connectivity index (χ3n) is 3.43. The van der Waals surface area contributed by atoms with E-state index in [1.165, 1.54) is 10.7 Å². The molecule has 2 N–H and O–H groups in total. The number of anilines is 1. The number of imidazole rings is 1. The van der Waals surface area contributed by atoms with Crippen LogP contribution in [0.25, 0.3) is 0 Å². The molecule has 0 saturated carbocycles. The van der Waals surface area contributed by atoms with Gasteiger partial charge in [0, 0.05) is 6.07 Å². The number of nitrogen functional groups attached to an aromatic ring is 1. The Bertz CT molecular complexity index is 904. The second-order valence-corrected chi connectivity index (χ2v) is 5.43. The van der Waals surface area contributed by atoms with Crippen molar-refractivity contribution < 1.29 is 13.5 Å². The quantitative estimate of drug-likeness (QED) is 0.722. The van der Waals surface area contributed by atoms with Crippen LogP contribution in [0.3, 0.4) is 0 Å². The summed E-state index contributed by atoms with van der Waals surface area (Å²) in [4.78, 5) is 4.06. The smallest absolute Gasteiger partial charge is 0.221 e. The first kappa shape index (κ1) is 16.6. The number of aryl methyl sites for hydroxylation is 1. The molecule has 0 radical (unpaired) electrons. The molecular formula is C18H16F2N4O. The molecule has 3 aromatic rings. The molecule has 7 heteroatoms. The van der Waals surface area contributed by atoms with E-state index in [1.54, 1.807) is 12.4 Å². The average molecular weight is 342 g/mol. The van der Waals surface area contributed by atoms with Crippen molar-refractivity contribution in [2.75, 3.05) is 5.73 Å². The minimum atomic E-state index is -0.725. The number of nitrogens with two attached hydrogens (primary N) is 1. The lowest BCUT2D eigenvalue weighted by Crippen LogP contribution is -1.99. The fraction of sp³-hybridized carbons (Fsp3) is 0.111. The number of halogens is 2. The molecule has 1 heterocycles. The molecule has 1 aromatic heterocycles. The first-order valence-corrected chi connectivity index (χ1v) is 7.54. The monoisotopic (exact) mass is 342 g/mol. The summed E-state index contributed by atoms with van der Waals surface area (Å²) in [7, 11) is 0. The predicted octanol–water partition coefficient (Wildman–Crippen LogP) is 3.51. The largest absolute Gasteiger partial charge is 0.486 e. The van der Waals surface area contributed by atoms with Crippen molar-refractivity contribution in [1.29, 1.82) is 0 Å². The molecule has 25 heavy (non-hydrogen) atoms. The molecule has 0 unspecified atom stereocenters. The highest BCUT2D eigenvalue weighted by Gasteiger charge is 2.05. The van der Waals surface area contributed by atoms with Gasteiger partial charge in [-0.05, 0) is 30.2 Å². The molecule has 3 rings (SSSR count). The summed E-state index contributed by atoms with van der Waals surface area (Å²) in [6.45, 7) is 2.01. The zero-order valence-corrected chi connectivity index (χ0v) is 13.5.